The Morgan fingerprint density at radius 2 is 1.82 bits per heavy atom. The molecule has 0 saturated carbocycles. The van der Waals surface area contributed by atoms with Crippen molar-refractivity contribution in [2.45, 2.75) is 26.0 Å². The molecule has 1 aliphatic rings. The highest BCUT2D eigenvalue weighted by Gasteiger charge is 2.47. The lowest BCUT2D eigenvalue weighted by molar-refractivity contribution is -0.140. The highest BCUT2D eigenvalue weighted by Crippen LogP contribution is 2.45. The van der Waals surface area contributed by atoms with E-state index in [2.05, 4.69) is 0 Å². The van der Waals surface area contributed by atoms with Crippen molar-refractivity contribution in [2.24, 2.45) is 0 Å². The number of hydrogen-bond donors (Lipinski definition) is 1. The van der Waals surface area contributed by atoms with Gasteiger partial charge in [-0.3, -0.25) is 9.59 Å². The normalized spacial score (nSPS) is 17.7. The van der Waals surface area contributed by atoms with Crippen molar-refractivity contribution in [3.8, 4) is 11.5 Å². The van der Waals surface area contributed by atoms with E-state index in [9.17, 15) is 14.7 Å². The molecule has 176 valence electrons. The second-order valence-corrected chi connectivity index (χ2v) is 8.47. The first-order valence-corrected chi connectivity index (χ1v) is 11.0. The average molecular weight is 494 g/mol. The van der Waals surface area contributed by atoms with Crippen LogP contribution in [-0.2, 0) is 14.3 Å². The molecule has 2 aromatic carbocycles. The summed E-state index contributed by atoms with van der Waals surface area (Å²) < 4.78 is 16.4. The maximum atomic E-state index is 13.2. The van der Waals surface area contributed by atoms with Crippen LogP contribution < -0.4 is 9.47 Å². The molecular formula is C24H25Cl2NO6. The summed E-state index contributed by atoms with van der Waals surface area (Å²) in [6, 6.07) is 8.96. The van der Waals surface area contributed by atoms with Gasteiger partial charge in [0.2, 0.25) is 0 Å². The number of ether oxygens (including phenoxy) is 3. The van der Waals surface area contributed by atoms with Gasteiger partial charge >= 0.3 is 0 Å². The summed E-state index contributed by atoms with van der Waals surface area (Å²) in [4.78, 5) is 27.6. The molecule has 1 unspecified atom stereocenters. The Hall–Kier alpha value is -2.74. The molecule has 0 bridgehead atoms. The monoisotopic (exact) mass is 493 g/mol. The van der Waals surface area contributed by atoms with Crippen molar-refractivity contribution >= 4 is 40.7 Å². The Kier molecular flexibility index (Phi) is 7.89. The lowest BCUT2D eigenvalue weighted by atomic mass is 9.94. The van der Waals surface area contributed by atoms with Crippen LogP contribution in [0.4, 0.5) is 0 Å². The summed E-state index contributed by atoms with van der Waals surface area (Å²) in [5.74, 6) is -1.45. The maximum absolute atomic E-state index is 13.2. The van der Waals surface area contributed by atoms with E-state index in [4.69, 9.17) is 37.4 Å². The Labute approximate surface area is 202 Å². The molecule has 0 spiro atoms. The largest absolute Gasteiger partial charge is 0.507 e. The lowest BCUT2D eigenvalue weighted by Gasteiger charge is -2.27. The van der Waals surface area contributed by atoms with Crippen LogP contribution in [0.1, 0.15) is 31.0 Å². The number of hydrogen-bond acceptors (Lipinski definition) is 6. The number of carbonyl (C=O) groups is 2. The fourth-order valence-corrected chi connectivity index (χ4v) is 4.37. The summed E-state index contributed by atoms with van der Waals surface area (Å²) in [6.45, 7) is 4.10. The van der Waals surface area contributed by atoms with Crippen LogP contribution in [0.2, 0.25) is 10.0 Å². The highest BCUT2D eigenvalue weighted by atomic mass is 35.5. The van der Waals surface area contributed by atoms with E-state index >= 15 is 0 Å². The summed E-state index contributed by atoms with van der Waals surface area (Å²) >= 11 is 12.4. The van der Waals surface area contributed by atoms with E-state index in [1.807, 2.05) is 13.8 Å². The van der Waals surface area contributed by atoms with Gasteiger partial charge in [0.25, 0.3) is 11.7 Å². The molecule has 0 aliphatic carbocycles. The molecule has 1 aliphatic heterocycles. The number of aliphatic hydroxyl groups is 1. The Morgan fingerprint density at radius 1 is 1.12 bits per heavy atom. The van der Waals surface area contributed by atoms with E-state index in [0.29, 0.717) is 11.3 Å². The van der Waals surface area contributed by atoms with Gasteiger partial charge in [0, 0.05) is 17.1 Å². The van der Waals surface area contributed by atoms with E-state index in [1.54, 1.807) is 24.3 Å². The number of ketones is 1. The van der Waals surface area contributed by atoms with Gasteiger partial charge in [0.15, 0.2) is 0 Å². The fourth-order valence-electron chi connectivity index (χ4n) is 3.80. The van der Waals surface area contributed by atoms with Crippen molar-refractivity contribution in [1.82, 2.24) is 4.90 Å². The summed E-state index contributed by atoms with van der Waals surface area (Å²) in [6.07, 6.45) is -0.0515. The molecular weight excluding hydrogens is 469 g/mol. The number of halogens is 2. The van der Waals surface area contributed by atoms with Crippen LogP contribution in [0.5, 0.6) is 11.5 Å². The SMILES string of the molecule is COc1ccccc1C1/C(=C(\O)c2cc(Cl)cc(Cl)c2OC)C(=O)C(=O)N1CCOC(C)C. The van der Waals surface area contributed by atoms with Gasteiger partial charge < -0.3 is 24.2 Å². The van der Waals surface area contributed by atoms with Crippen molar-refractivity contribution in [2.75, 3.05) is 27.4 Å². The molecule has 9 heteroatoms. The minimum Gasteiger partial charge on any atom is -0.507 e. The van der Waals surface area contributed by atoms with Gasteiger partial charge in [-0.2, -0.15) is 0 Å². The first-order valence-electron chi connectivity index (χ1n) is 10.3. The summed E-state index contributed by atoms with van der Waals surface area (Å²) in [7, 11) is 2.87. The Balaban J connectivity index is 2.24. The van der Waals surface area contributed by atoms with Gasteiger partial charge in [-0.15, -0.1) is 0 Å². The first kappa shape index (κ1) is 24.9. The second kappa shape index (κ2) is 10.5. The number of amides is 1. The first-order chi connectivity index (χ1) is 15.7. The van der Waals surface area contributed by atoms with Crippen LogP contribution in [0.15, 0.2) is 42.0 Å². The predicted molar refractivity (Wildman–Crippen MR) is 126 cm³/mol. The molecule has 1 N–H and O–H groups in total. The van der Waals surface area contributed by atoms with E-state index in [1.165, 1.54) is 31.3 Å². The zero-order valence-electron chi connectivity index (χ0n) is 18.7. The van der Waals surface area contributed by atoms with E-state index in [-0.39, 0.29) is 46.2 Å². The second-order valence-electron chi connectivity index (χ2n) is 7.62. The number of Topliss-reactive ketones (excluding diaryl/α,β-unsaturated/α-hetero) is 1. The van der Waals surface area contributed by atoms with Crippen molar-refractivity contribution in [3.63, 3.8) is 0 Å². The average Bonchev–Trinajstić information content (AvgIpc) is 3.02. The topological polar surface area (TPSA) is 85.3 Å². The minimum absolute atomic E-state index is 0.0515. The Bertz CT molecular complexity index is 1100. The third kappa shape index (κ3) is 4.95. The molecule has 1 saturated heterocycles. The molecule has 7 nitrogen and oxygen atoms in total. The summed E-state index contributed by atoms with van der Waals surface area (Å²) in [5, 5.41) is 11.7. The summed E-state index contributed by atoms with van der Waals surface area (Å²) in [5.41, 5.74) is 0.523. The zero-order chi connectivity index (χ0) is 24.3. The number of para-hydroxylation sites is 1. The molecule has 0 aromatic heterocycles. The zero-order valence-corrected chi connectivity index (χ0v) is 20.2. The highest BCUT2D eigenvalue weighted by molar-refractivity contribution is 6.47. The van der Waals surface area contributed by atoms with Gasteiger partial charge in [-0.05, 0) is 32.0 Å². The van der Waals surface area contributed by atoms with E-state index < -0.39 is 23.5 Å². The smallest absolute Gasteiger partial charge is 0.295 e. The maximum Gasteiger partial charge on any atom is 0.295 e. The quantitative estimate of drug-likeness (QED) is 0.321. The number of benzene rings is 2. The molecule has 1 amide bonds. The number of aliphatic hydroxyl groups excluding tert-OH is 1. The molecule has 33 heavy (non-hydrogen) atoms. The third-order valence-corrected chi connectivity index (χ3v) is 5.72. The van der Waals surface area contributed by atoms with Crippen LogP contribution in [0.3, 0.4) is 0 Å². The number of nitrogens with zero attached hydrogens (tertiary/aromatic N) is 1. The lowest BCUT2D eigenvalue weighted by Crippen LogP contribution is -2.33. The van der Waals surface area contributed by atoms with Crippen LogP contribution in [-0.4, -0.2) is 55.2 Å². The minimum atomic E-state index is -0.917. The predicted octanol–water partition coefficient (Wildman–Crippen LogP) is 4.86. The molecule has 2 aromatic rings. The molecule has 3 rings (SSSR count). The third-order valence-electron chi connectivity index (χ3n) is 5.22. The van der Waals surface area contributed by atoms with Gasteiger partial charge in [0.1, 0.15) is 17.3 Å². The number of rotatable bonds is 8. The van der Waals surface area contributed by atoms with Crippen molar-refractivity contribution in [1.29, 1.82) is 0 Å². The molecule has 1 atom stereocenters. The van der Waals surface area contributed by atoms with Crippen LogP contribution in [0.25, 0.3) is 5.76 Å². The van der Waals surface area contributed by atoms with Gasteiger partial charge in [-0.25, -0.2) is 0 Å². The standard InChI is InChI=1S/C24H25Cl2NO6/c1-13(2)33-10-9-27-20(15-7-5-6-8-18(15)31-3)19(22(29)24(27)30)21(28)16-11-14(25)12-17(26)23(16)32-4/h5-8,11-13,20,28H,9-10H2,1-4H3/b21-19+. The van der Waals surface area contributed by atoms with Crippen molar-refractivity contribution in [3.05, 3.63) is 63.1 Å². The van der Waals surface area contributed by atoms with Gasteiger partial charge in [0.05, 0.1) is 49.1 Å². The fraction of sp³-hybridized carbons (Fsp3) is 0.333. The molecule has 1 fully saturated rings. The van der Waals surface area contributed by atoms with E-state index in [0.717, 1.165) is 0 Å². The van der Waals surface area contributed by atoms with Gasteiger partial charge in [-0.1, -0.05) is 41.4 Å². The number of methoxy groups -OCH3 is 2. The molecule has 0 radical (unpaired) electrons. The van der Waals surface area contributed by atoms with Crippen molar-refractivity contribution < 1.29 is 28.9 Å². The number of likely N-dealkylation sites (tertiary alicyclic amines) is 1. The number of carbonyl (C=O) groups excluding carboxylic acids is 2. The molecule has 1 heterocycles. The van der Waals surface area contributed by atoms with Crippen LogP contribution in [0, 0.1) is 0 Å². The van der Waals surface area contributed by atoms with Crippen LogP contribution >= 0.6 is 23.2 Å². The Morgan fingerprint density at radius 3 is 2.45 bits per heavy atom.